The highest BCUT2D eigenvalue weighted by Crippen LogP contribution is 2.52. The van der Waals surface area contributed by atoms with Gasteiger partial charge >= 0.3 is 0 Å². The first-order valence-corrected chi connectivity index (χ1v) is 15.3. The van der Waals surface area contributed by atoms with Crippen LogP contribution in [0.4, 0.5) is 0 Å². The highest BCUT2D eigenvalue weighted by molar-refractivity contribution is 6.17. The zero-order valence-electron chi connectivity index (χ0n) is 26.7. The summed E-state index contributed by atoms with van der Waals surface area (Å²) in [5.74, 6) is 2.42. The minimum absolute atomic E-state index is 0.218. The molecule has 0 aliphatic carbocycles. The maximum Gasteiger partial charge on any atom is 0.228 e. The van der Waals surface area contributed by atoms with Crippen LogP contribution in [0.3, 0.4) is 0 Å². The summed E-state index contributed by atoms with van der Waals surface area (Å²) in [5, 5.41) is 17.2. The monoisotopic (exact) mass is 555 g/mol. The van der Waals surface area contributed by atoms with Crippen LogP contribution in [0, 0.1) is 35.0 Å². The van der Waals surface area contributed by atoms with E-state index in [4.69, 9.17) is 4.74 Å². The number of rotatable bonds is 5. The maximum atomic E-state index is 9.84. The molecule has 1 aliphatic rings. The van der Waals surface area contributed by atoms with Crippen molar-refractivity contribution >= 4 is 32.3 Å². The Balaban J connectivity index is 1.72. The summed E-state index contributed by atoms with van der Waals surface area (Å²) >= 11 is 0. The van der Waals surface area contributed by atoms with E-state index in [0.29, 0.717) is 12.3 Å². The van der Waals surface area contributed by atoms with Crippen LogP contribution in [-0.4, -0.2) is 0 Å². The predicted octanol–water partition coefficient (Wildman–Crippen LogP) is 9.93. The lowest BCUT2D eigenvalue weighted by Gasteiger charge is -2.27. The van der Waals surface area contributed by atoms with Crippen molar-refractivity contribution in [2.24, 2.45) is 23.8 Å². The average Bonchev–Trinajstić information content (AvgIpc) is 2.91. The fourth-order valence-corrected chi connectivity index (χ4v) is 7.02. The third-order valence-electron chi connectivity index (χ3n) is 8.73. The molecule has 1 aromatic heterocycles. The molecule has 214 valence electrons. The van der Waals surface area contributed by atoms with Gasteiger partial charge in [-0.1, -0.05) is 71.0 Å². The second-order valence-corrected chi connectivity index (χ2v) is 14.8. The molecule has 6 rings (SSSR count). The number of pyridine rings is 1. The molecule has 0 radical (unpaired) electrons. The molecule has 0 N–H and O–H groups in total. The third kappa shape index (κ3) is 4.72. The summed E-state index contributed by atoms with van der Waals surface area (Å²) in [7, 11) is 2.16. The fraction of sp³-hybridized carbons (Fsp3) is 0.385. The minimum atomic E-state index is -0.451. The van der Waals surface area contributed by atoms with Gasteiger partial charge < -0.3 is 4.74 Å². The van der Waals surface area contributed by atoms with Gasteiger partial charge in [0.2, 0.25) is 5.69 Å². The third-order valence-corrected chi connectivity index (χ3v) is 8.73. The Hall–Kier alpha value is -3.90. The molecular weight excluding hydrogens is 512 g/mol. The topological polar surface area (TPSA) is 36.9 Å². The number of hydrogen-bond acceptors (Lipinski definition) is 2. The zero-order valence-corrected chi connectivity index (χ0v) is 26.7. The van der Waals surface area contributed by atoms with E-state index >= 15 is 0 Å². The normalized spacial score (nSPS) is 13.1. The Kier molecular flexibility index (Phi) is 6.61. The molecule has 0 saturated heterocycles. The van der Waals surface area contributed by atoms with E-state index in [1.54, 1.807) is 0 Å². The van der Waals surface area contributed by atoms with Gasteiger partial charge in [-0.2, -0.15) is 5.26 Å². The van der Waals surface area contributed by atoms with E-state index in [2.05, 4.69) is 114 Å². The van der Waals surface area contributed by atoms with Crippen molar-refractivity contribution in [2.75, 3.05) is 0 Å². The van der Waals surface area contributed by atoms with Gasteiger partial charge in [0, 0.05) is 17.0 Å². The fourth-order valence-electron chi connectivity index (χ4n) is 7.02. The molecule has 2 heterocycles. The number of aryl methyl sites for hydroxylation is 2. The Morgan fingerprint density at radius 1 is 0.905 bits per heavy atom. The average molecular weight is 556 g/mol. The van der Waals surface area contributed by atoms with E-state index in [1.165, 1.54) is 55.1 Å². The van der Waals surface area contributed by atoms with Gasteiger partial charge in [-0.3, -0.25) is 0 Å². The first-order chi connectivity index (χ1) is 19.8. The van der Waals surface area contributed by atoms with Gasteiger partial charge in [-0.25, -0.2) is 4.57 Å². The summed E-state index contributed by atoms with van der Waals surface area (Å²) in [5.41, 5.74) is 7.35. The van der Waals surface area contributed by atoms with Crippen molar-refractivity contribution < 1.29 is 9.30 Å². The minimum Gasteiger partial charge on any atom is -0.455 e. The number of nitrogens with zero attached hydrogens (tertiary/aromatic N) is 2. The molecule has 0 spiro atoms. The molecule has 4 aromatic carbocycles. The predicted molar refractivity (Wildman–Crippen MR) is 175 cm³/mol. The zero-order chi connectivity index (χ0) is 30.1. The summed E-state index contributed by atoms with van der Waals surface area (Å²) in [4.78, 5) is 0. The summed E-state index contributed by atoms with van der Waals surface area (Å²) in [6.45, 7) is 17.8. The van der Waals surface area contributed by atoms with Gasteiger partial charge in [0.25, 0.3) is 0 Å². The first kappa shape index (κ1) is 28.2. The van der Waals surface area contributed by atoms with E-state index in [9.17, 15) is 5.26 Å². The van der Waals surface area contributed by atoms with E-state index in [1.807, 2.05) is 13.8 Å². The molecule has 1 aliphatic heterocycles. The molecule has 3 heteroatoms. The highest BCUT2D eigenvalue weighted by Gasteiger charge is 2.34. The highest BCUT2D eigenvalue weighted by atomic mass is 16.5. The molecule has 0 bridgehead atoms. The Morgan fingerprint density at radius 3 is 2.36 bits per heavy atom. The van der Waals surface area contributed by atoms with E-state index < -0.39 is 5.41 Å². The van der Waals surface area contributed by atoms with Crippen LogP contribution in [-0.2, 0) is 26.3 Å². The number of aromatic nitrogens is 1. The lowest BCUT2D eigenvalue weighted by Crippen LogP contribution is -2.32. The van der Waals surface area contributed by atoms with Crippen molar-refractivity contribution in [2.45, 2.75) is 74.7 Å². The SMILES string of the molecule is Cc1c2c(c(CC(C)C)c3ccc(CC(C)(C)C)cc13)Oc1cc3cccc(CC(C)(C)C#N)c3c3cc[n+](C)c-2c13. The molecule has 0 unspecified atom stereocenters. The van der Waals surface area contributed by atoms with E-state index in [0.717, 1.165) is 35.1 Å². The van der Waals surface area contributed by atoms with Crippen LogP contribution in [0.25, 0.3) is 43.6 Å². The number of benzene rings is 4. The van der Waals surface area contributed by atoms with Gasteiger partial charge in [0.15, 0.2) is 6.20 Å². The van der Waals surface area contributed by atoms with Crippen molar-refractivity contribution in [3.63, 3.8) is 0 Å². The summed E-state index contributed by atoms with van der Waals surface area (Å²) in [6.07, 6.45) is 4.88. The smallest absolute Gasteiger partial charge is 0.228 e. The molecule has 42 heavy (non-hydrogen) atoms. The Morgan fingerprint density at radius 2 is 1.67 bits per heavy atom. The second kappa shape index (κ2) is 9.84. The summed E-state index contributed by atoms with van der Waals surface area (Å²) in [6, 6.07) is 20.5. The molecular formula is C39H43N2O+. The van der Waals surface area contributed by atoms with Crippen molar-refractivity contribution in [3.8, 4) is 28.8 Å². The lowest BCUT2D eigenvalue weighted by atomic mass is 9.82. The van der Waals surface area contributed by atoms with Gasteiger partial charge in [0.1, 0.15) is 18.5 Å². The van der Waals surface area contributed by atoms with Crippen molar-refractivity contribution in [1.29, 1.82) is 5.26 Å². The molecule has 0 fully saturated rings. The van der Waals surface area contributed by atoms with Gasteiger partial charge in [0.05, 0.1) is 22.4 Å². The van der Waals surface area contributed by atoms with E-state index in [-0.39, 0.29) is 5.41 Å². The van der Waals surface area contributed by atoms with Crippen LogP contribution in [0.15, 0.2) is 54.7 Å². The largest absolute Gasteiger partial charge is 0.455 e. The van der Waals surface area contributed by atoms with Crippen LogP contribution in [0.1, 0.15) is 70.7 Å². The molecule has 0 saturated carbocycles. The first-order valence-electron chi connectivity index (χ1n) is 15.3. The number of ether oxygens (including phenoxy) is 1. The molecule has 0 atom stereocenters. The summed E-state index contributed by atoms with van der Waals surface area (Å²) < 4.78 is 9.32. The Bertz CT molecular complexity index is 1950. The van der Waals surface area contributed by atoms with Crippen LogP contribution in [0.2, 0.25) is 0 Å². The van der Waals surface area contributed by atoms with Crippen molar-refractivity contribution in [1.82, 2.24) is 0 Å². The Labute approximate surface area is 250 Å². The molecule has 0 amide bonds. The van der Waals surface area contributed by atoms with Crippen LogP contribution in [0.5, 0.6) is 11.5 Å². The quantitative estimate of drug-likeness (QED) is 0.157. The number of nitriles is 1. The lowest BCUT2D eigenvalue weighted by molar-refractivity contribution is -0.659. The van der Waals surface area contributed by atoms with Crippen LogP contribution < -0.4 is 9.30 Å². The second-order valence-electron chi connectivity index (χ2n) is 14.8. The van der Waals surface area contributed by atoms with Gasteiger partial charge in [-0.05, 0) is 95.7 Å². The standard InChI is InChI=1S/C39H43N2O/c1-23(2)17-31-28-14-13-25(20-38(4,5)6)18-30(28)24(3)33-36-35-29(15-16-41(36)9)34-26(19-32(35)42-37(31)33)11-10-12-27(34)21-39(7,8)22-40/h10-16,18-19,23H,17,20-21H2,1-9H3/q+1. The van der Waals surface area contributed by atoms with Crippen molar-refractivity contribution in [3.05, 3.63) is 77.0 Å². The number of hydrogen-bond donors (Lipinski definition) is 0. The van der Waals surface area contributed by atoms with Gasteiger partial charge in [-0.15, -0.1) is 0 Å². The number of fused-ring (bicyclic) bond motifs is 5. The van der Waals surface area contributed by atoms with Crippen LogP contribution >= 0.6 is 0 Å². The molecule has 5 aromatic rings. The molecule has 3 nitrogen and oxygen atoms in total. The maximum absolute atomic E-state index is 9.84.